The smallest absolute Gasteiger partial charge is 0.263 e. The number of hydrogen-bond acceptors (Lipinski definition) is 4. The number of amides is 2. The molecule has 0 bridgehead atoms. The molecular formula is C19H19FN4O2S. The van der Waals surface area contributed by atoms with Gasteiger partial charge in [-0.2, -0.15) is 5.10 Å². The lowest BCUT2D eigenvalue weighted by Gasteiger charge is -2.07. The zero-order chi connectivity index (χ0) is 19.6. The van der Waals surface area contributed by atoms with Gasteiger partial charge in [-0.15, -0.1) is 11.3 Å². The van der Waals surface area contributed by atoms with Crippen LogP contribution in [0.25, 0.3) is 10.4 Å². The minimum Gasteiger partial charge on any atom is -0.344 e. The number of carbonyl (C=O) groups is 2. The highest BCUT2D eigenvalue weighted by Gasteiger charge is 2.15. The minimum atomic E-state index is -0.518. The minimum absolute atomic E-state index is 0.117. The number of thiophene rings is 1. The largest absolute Gasteiger partial charge is 0.344 e. The van der Waals surface area contributed by atoms with Crippen LogP contribution in [-0.4, -0.2) is 40.6 Å². The van der Waals surface area contributed by atoms with E-state index >= 15 is 0 Å². The van der Waals surface area contributed by atoms with Crippen LogP contribution < -0.4 is 5.32 Å². The van der Waals surface area contributed by atoms with Crippen molar-refractivity contribution in [3.05, 3.63) is 59.0 Å². The number of benzene rings is 1. The van der Waals surface area contributed by atoms with Crippen molar-refractivity contribution in [3.63, 3.8) is 0 Å². The predicted molar refractivity (Wildman–Crippen MR) is 104 cm³/mol. The highest BCUT2D eigenvalue weighted by molar-refractivity contribution is 7.17. The molecule has 0 radical (unpaired) electrons. The molecule has 0 fully saturated rings. The van der Waals surface area contributed by atoms with Gasteiger partial charge >= 0.3 is 0 Å². The second-order valence-corrected chi connectivity index (χ2v) is 7.21. The summed E-state index contributed by atoms with van der Waals surface area (Å²) in [6.07, 6.45) is 3.25. The molecule has 140 valence electrons. The molecule has 6 nitrogen and oxygen atoms in total. The van der Waals surface area contributed by atoms with Gasteiger partial charge in [0.05, 0.1) is 16.8 Å². The second kappa shape index (κ2) is 7.71. The van der Waals surface area contributed by atoms with Crippen LogP contribution >= 0.6 is 11.3 Å². The van der Waals surface area contributed by atoms with Crippen molar-refractivity contribution in [1.29, 1.82) is 0 Å². The van der Waals surface area contributed by atoms with E-state index in [2.05, 4.69) is 10.4 Å². The number of halogens is 1. The summed E-state index contributed by atoms with van der Waals surface area (Å²) in [5, 5.41) is 6.80. The van der Waals surface area contributed by atoms with Gasteiger partial charge in [0, 0.05) is 37.3 Å². The van der Waals surface area contributed by atoms with E-state index < -0.39 is 11.7 Å². The van der Waals surface area contributed by atoms with Crippen molar-refractivity contribution >= 4 is 28.8 Å². The van der Waals surface area contributed by atoms with Gasteiger partial charge in [0.2, 0.25) is 0 Å². The Balaban J connectivity index is 1.85. The fourth-order valence-electron chi connectivity index (χ4n) is 2.50. The van der Waals surface area contributed by atoms with E-state index in [0.717, 1.165) is 0 Å². The standard InChI is InChI=1S/C19H19FN4O2S/c1-4-24-11-15(10-21-24)22-18(25)13-7-12(8-14(20)9-13)16-5-6-17(27-16)19(26)23(2)3/h5-11H,4H2,1-3H3,(H,22,25). The molecule has 0 atom stereocenters. The summed E-state index contributed by atoms with van der Waals surface area (Å²) >= 11 is 1.26. The summed E-state index contributed by atoms with van der Waals surface area (Å²) < 4.78 is 15.8. The maximum Gasteiger partial charge on any atom is 0.263 e. The number of anilines is 1. The van der Waals surface area contributed by atoms with Crippen LogP contribution in [-0.2, 0) is 6.54 Å². The van der Waals surface area contributed by atoms with Gasteiger partial charge in [-0.25, -0.2) is 4.39 Å². The maximum atomic E-state index is 14.1. The highest BCUT2D eigenvalue weighted by atomic mass is 32.1. The van der Waals surface area contributed by atoms with Gasteiger partial charge in [-0.05, 0) is 42.8 Å². The third kappa shape index (κ3) is 4.22. The van der Waals surface area contributed by atoms with Crippen molar-refractivity contribution < 1.29 is 14.0 Å². The zero-order valence-electron chi connectivity index (χ0n) is 15.2. The van der Waals surface area contributed by atoms with Gasteiger partial charge in [-0.3, -0.25) is 14.3 Å². The van der Waals surface area contributed by atoms with E-state index in [1.807, 2.05) is 6.92 Å². The van der Waals surface area contributed by atoms with Crippen molar-refractivity contribution in [3.8, 4) is 10.4 Å². The van der Waals surface area contributed by atoms with Crippen LogP contribution in [0.2, 0.25) is 0 Å². The van der Waals surface area contributed by atoms with E-state index in [-0.39, 0.29) is 11.5 Å². The molecule has 0 unspecified atom stereocenters. The number of rotatable bonds is 5. The molecule has 0 aliphatic carbocycles. The first kappa shape index (κ1) is 18.8. The number of carbonyl (C=O) groups excluding carboxylic acids is 2. The van der Waals surface area contributed by atoms with E-state index in [1.54, 1.807) is 49.4 Å². The number of aromatic nitrogens is 2. The lowest BCUT2D eigenvalue weighted by Crippen LogP contribution is -2.20. The topological polar surface area (TPSA) is 67.2 Å². The first-order valence-electron chi connectivity index (χ1n) is 8.33. The van der Waals surface area contributed by atoms with Gasteiger partial charge in [0.15, 0.2) is 0 Å². The first-order chi connectivity index (χ1) is 12.9. The van der Waals surface area contributed by atoms with Gasteiger partial charge in [0.1, 0.15) is 5.82 Å². The average Bonchev–Trinajstić information content (AvgIpc) is 3.29. The Morgan fingerprint density at radius 3 is 2.70 bits per heavy atom. The maximum absolute atomic E-state index is 14.1. The van der Waals surface area contributed by atoms with Crippen LogP contribution in [0.15, 0.2) is 42.7 Å². The summed E-state index contributed by atoms with van der Waals surface area (Å²) in [5.74, 6) is -1.06. The first-order valence-corrected chi connectivity index (χ1v) is 9.15. The Labute approximate surface area is 160 Å². The van der Waals surface area contributed by atoms with Crippen LogP contribution in [0.5, 0.6) is 0 Å². The number of nitrogens with zero attached hydrogens (tertiary/aromatic N) is 3. The summed E-state index contributed by atoms with van der Waals surface area (Å²) in [6, 6.07) is 7.60. The molecule has 8 heteroatoms. The Morgan fingerprint density at radius 1 is 1.26 bits per heavy atom. The van der Waals surface area contributed by atoms with Gasteiger partial charge in [0.25, 0.3) is 11.8 Å². The highest BCUT2D eigenvalue weighted by Crippen LogP contribution is 2.30. The van der Waals surface area contributed by atoms with Crippen molar-refractivity contribution in [2.24, 2.45) is 0 Å². The van der Waals surface area contributed by atoms with Crippen molar-refractivity contribution in [2.45, 2.75) is 13.5 Å². The van der Waals surface area contributed by atoms with E-state index in [4.69, 9.17) is 0 Å². The Hall–Kier alpha value is -3.00. The van der Waals surface area contributed by atoms with Crippen molar-refractivity contribution in [2.75, 3.05) is 19.4 Å². The molecule has 2 amide bonds. The number of nitrogens with one attached hydrogen (secondary N) is 1. The molecule has 0 saturated heterocycles. The predicted octanol–water partition coefficient (Wildman–Crippen LogP) is 3.72. The summed E-state index contributed by atoms with van der Waals surface area (Å²) in [5.41, 5.74) is 1.29. The molecule has 0 aliphatic heterocycles. The molecular weight excluding hydrogens is 367 g/mol. The van der Waals surface area contributed by atoms with Crippen LogP contribution in [0, 0.1) is 5.82 Å². The Bertz CT molecular complexity index is 993. The van der Waals surface area contributed by atoms with Crippen LogP contribution in [0.3, 0.4) is 0 Å². The zero-order valence-corrected chi connectivity index (χ0v) is 16.0. The SMILES string of the molecule is CCn1cc(NC(=O)c2cc(F)cc(-c3ccc(C(=O)N(C)C)s3)c2)cn1. The molecule has 1 aromatic carbocycles. The fraction of sp³-hybridized carbons (Fsp3) is 0.211. The fourth-order valence-corrected chi connectivity index (χ4v) is 3.51. The molecule has 27 heavy (non-hydrogen) atoms. The second-order valence-electron chi connectivity index (χ2n) is 6.13. The van der Waals surface area contributed by atoms with Crippen LogP contribution in [0.1, 0.15) is 27.0 Å². The van der Waals surface area contributed by atoms with Crippen molar-refractivity contribution in [1.82, 2.24) is 14.7 Å². The normalized spacial score (nSPS) is 10.7. The number of hydrogen-bond donors (Lipinski definition) is 1. The van der Waals surface area contributed by atoms with Gasteiger partial charge < -0.3 is 10.2 Å². The molecule has 2 heterocycles. The molecule has 3 rings (SSSR count). The summed E-state index contributed by atoms with van der Waals surface area (Å²) in [6.45, 7) is 2.63. The number of aryl methyl sites for hydroxylation is 1. The van der Waals surface area contributed by atoms with E-state index in [0.29, 0.717) is 27.5 Å². The summed E-state index contributed by atoms with van der Waals surface area (Å²) in [7, 11) is 3.35. The summed E-state index contributed by atoms with van der Waals surface area (Å²) in [4.78, 5) is 27.3. The molecule has 2 aromatic heterocycles. The third-order valence-electron chi connectivity index (χ3n) is 3.88. The molecule has 0 spiro atoms. The monoisotopic (exact) mass is 386 g/mol. The van der Waals surface area contributed by atoms with E-state index in [1.165, 1.54) is 28.4 Å². The van der Waals surface area contributed by atoms with Gasteiger partial charge in [-0.1, -0.05) is 0 Å². The molecule has 1 N–H and O–H groups in total. The third-order valence-corrected chi connectivity index (χ3v) is 5.00. The lowest BCUT2D eigenvalue weighted by molar-refractivity contribution is 0.0832. The average molecular weight is 386 g/mol. The van der Waals surface area contributed by atoms with Crippen LogP contribution in [0.4, 0.5) is 10.1 Å². The molecule has 3 aromatic rings. The molecule has 0 saturated carbocycles. The Morgan fingerprint density at radius 2 is 2.04 bits per heavy atom. The molecule has 0 aliphatic rings. The quantitative estimate of drug-likeness (QED) is 0.727. The Kier molecular flexibility index (Phi) is 5.36. The lowest BCUT2D eigenvalue weighted by atomic mass is 10.1. The van der Waals surface area contributed by atoms with E-state index in [9.17, 15) is 14.0 Å².